The molecule has 0 amide bonds. The third-order valence-electron chi connectivity index (χ3n) is 3.72. The van der Waals surface area contributed by atoms with Crippen molar-refractivity contribution in [1.29, 1.82) is 0 Å². The molecule has 106 valence electrons. The van der Waals surface area contributed by atoms with Crippen LogP contribution in [0.25, 0.3) is 0 Å². The quantitative estimate of drug-likeness (QED) is 0.807. The van der Waals surface area contributed by atoms with E-state index >= 15 is 0 Å². The van der Waals surface area contributed by atoms with Gasteiger partial charge in [0, 0.05) is 23.4 Å². The molecule has 1 aromatic carbocycles. The third-order valence-corrected chi connectivity index (χ3v) is 3.72. The Bertz CT molecular complexity index is 658. The van der Waals surface area contributed by atoms with Gasteiger partial charge in [-0.15, -0.1) is 0 Å². The van der Waals surface area contributed by atoms with E-state index in [9.17, 15) is 0 Å². The molecular formula is C18H18N2O. The van der Waals surface area contributed by atoms with Crippen LogP contribution in [0.2, 0.25) is 0 Å². The highest BCUT2D eigenvalue weighted by Crippen LogP contribution is 2.17. The van der Waals surface area contributed by atoms with Crippen LogP contribution in [0.3, 0.4) is 0 Å². The smallest absolute Gasteiger partial charge is 0.138 e. The normalized spacial score (nSPS) is 17.5. The first-order valence-electron chi connectivity index (χ1n) is 7.16. The fraction of sp³-hybridized carbons (Fsp3) is 0.278. The molecule has 0 unspecified atom stereocenters. The number of likely N-dealkylation sites (N-methyl/N-ethyl adjacent to an activating group) is 1. The zero-order valence-corrected chi connectivity index (χ0v) is 12.1. The molecule has 1 aliphatic rings. The van der Waals surface area contributed by atoms with Crippen molar-refractivity contribution in [3.05, 3.63) is 59.9 Å². The second-order valence-corrected chi connectivity index (χ2v) is 5.26. The number of ether oxygens (including phenoxy) is 1. The van der Waals surface area contributed by atoms with E-state index < -0.39 is 0 Å². The van der Waals surface area contributed by atoms with E-state index in [1.54, 1.807) is 12.4 Å². The van der Waals surface area contributed by atoms with E-state index in [1.165, 1.54) is 6.42 Å². The summed E-state index contributed by atoms with van der Waals surface area (Å²) < 4.78 is 5.80. The highest BCUT2D eigenvalue weighted by molar-refractivity contribution is 5.43. The fourth-order valence-electron chi connectivity index (χ4n) is 2.20. The summed E-state index contributed by atoms with van der Waals surface area (Å²) in [5, 5.41) is 0. The van der Waals surface area contributed by atoms with Gasteiger partial charge in [-0.1, -0.05) is 30.0 Å². The Morgan fingerprint density at radius 2 is 2.00 bits per heavy atom. The van der Waals surface area contributed by atoms with Gasteiger partial charge in [-0.25, -0.2) is 0 Å². The Morgan fingerprint density at radius 3 is 2.71 bits per heavy atom. The number of hydrogen-bond donors (Lipinski definition) is 0. The van der Waals surface area contributed by atoms with E-state index in [4.69, 9.17) is 4.74 Å². The average Bonchev–Trinajstić information content (AvgIpc) is 2.53. The van der Waals surface area contributed by atoms with Gasteiger partial charge in [-0.05, 0) is 38.2 Å². The van der Waals surface area contributed by atoms with Gasteiger partial charge in [0.1, 0.15) is 12.4 Å². The van der Waals surface area contributed by atoms with Gasteiger partial charge >= 0.3 is 0 Å². The van der Waals surface area contributed by atoms with Gasteiger partial charge in [0.05, 0.1) is 6.20 Å². The minimum absolute atomic E-state index is 0.532. The van der Waals surface area contributed by atoms with Crippen LogP contribution in [0.5, 0.6) is 5.75 Å². The molecule has 0 saturated carbocycles. The van der Waals surface area contributed by atoms with E-state index in [0.717, 1.165) is 23.4 Å². The second kappa shape index (κ2) is 6.43. The third kappa shape index (κ3) is 3.62. The van der Waals surface area contributed by atoms with Crippen LogP contribution in [-0.4, -0.2) is 36.1 Å². The Labute approximate surface area is 125 Å². The van der Waals surface area contributed by atoms with Crippen molar-refractivity contribution >= 4 is 0 Å². The Morgan fingerprint density at radius 1 is 1.19 bits per heavy atom. The lowest BCUT2D eigenvalue weighted by Crippen LogP contribution is -2.48. The lowest BCUT2D eigenvalue weighted by atomic mass is 10.1. The molecule has 1 aliphatic heterocycles. The van der Waals surface area contributed by atoms with Gasteiger partial charge in [0.25, 0.3) is 0 Å². The summed E-state index contributed by atoms with van der Waals surface area (Å²) in [4.78, 5) is 6.49. The van der Waals surface area contributed by atoms with Crippen molar-refractivity contribution in [2.24, 2.45) is 0 Å². The summed E-state index contributed by atoms with van der Waals surface area (Å²) in [6.45, 7) is 1.88. The Balaban J connectivity index is 1.64. The summed E-state index contributed by atoms with van der Waals surface area (Å²) in [5.41, 5.74) is 1.87. The maximum absolute atomic E-state index is 5.80. The summed E-state index contributed by atoms with van der Waals surface area (Å²) in [5.74, 6) is 7.04. The number of benzene rings is 1. The highest BCUT2D eigenvalue weighted by Gasteiger charge is 2.24. The second-order valence-electron chi connectivity index (χ2n) is 5.26. The molecule has 2 heterocycles. The van der Waals surface area contributed by atoms with Gasteiger partial charge in [-0.2, -0.15) is 0 Å². The SMILES string of the molecule is CN1CC[C@H]1COc1cncc(C#Cc2ccccc2)c1. The molecule has 0 aliphatic carbocycles. The standard InChI is InChI=1S/C18H18N2O/c1-20-10-9-17(20)14-21-18-11-16(12-19-13-18)8-7-15-5-3-2-4-6-15/h2-6,11-13,17H,9-10,14H2,1H3/t17-/m0/s1. The van der Waals surface area contributed by atoms with Crippen molar-refractivity contribution in [3.63, 3.8) is 0 Å². The van der Waals surface area contributed by atoms with E-state index in [-0.39, 0.29) is 0 Å². The summed E-state index contributed by atoms with van der Waals surface area (Å²) >= 11 is 0. The molecule has 2 aromatic rings. The monoisotopic (exact) mass is 278 g/mol. The van der Waals surface area contributed by atoms with Crippen molar-refractivity contribution in [3.8, 4) is 17.6 Å². The molecule has 0 bridgehead atoms. The molecule has 1 atom stereocenters. The average molecular weight is 278 g/mol. The van der Waals surface area contributed by atoms with Crippen LogP contribution < -0.4 is 4.74 Å². The largest absolute Gasteiger partial charge is 0.490 e. The molecule has 21 heavy (non-hydrogen) atoms. The summed E-state index contributed by atoms with van der Waals surface area (Å²) in [6.07, 6.45) is 4.71. The minimum Gasteiger partial charge on any atom is -0.490 e. The predicted molar refractivity (Wildman–Crippen MR) is 83.2 cm³/mol. The molecule has 0 radical (unpaired) electrons. The van der Waals surface area contributed by atoms with Crippen LogP contribution in [0.4, 0.5) is 0 Å². The maximum atomic E-state index is 5.80. The zero-order valence-electron chi connectivity index (χ0n) is 12.1. The molecular weight excluding hydrogens is 260 g/mol. The van der Waals surface area contributed by atoms with Crippen LogP contribution >= 0.6 is 0 Å². The van der Waals surface area contributed by atoms with Crippen LogP contribution in [-0.2, 0) is 0 Å². The van der Waals surface area contributed by atoms with Crippen molar-refractivity contribution in [2.45, 2.75) is 12.5 Å². The Kier molecular flexibility index (Phi) is 4.18. The molecule has 1 aromatic heterocycles. The number of likely N-dealkylation sites (tertiary alicyclic amines) is 1. The topological polar surface area (TPSA) is 25.4 Å². The summed E-state index contributed by atoms with van der Waals surface area (Å²) in [6, 6.07) is 12.4. The first kappa shape index (κ1) is 13.7. The summed E-state index contributed by atoms with van der Waals surface area (Å²) in [7, 11) is 2.12. The first-order valence-corrected chi connectivity index (χ1v) is 7.16. The first-order chi connectivity index (χ1) is 10.3. The predicted octanol–water partition coefficient (Wildman–Crippen LogP) is 2.56. The van der Waals surface area contributed by atoms with Crippen LogP contribution in [0.1, 0.15) is 17.5 Å². The molecule has 1 fully saturated rings. The lowest BCUT2D eigenvalue weighted by Gasteiger charge is -2.37. The van der Waals surface area contributed by atoms with E-state index in [2.05, 4.69) is 28.8 Å². The number of rotatable bonds is 3. The van der Waals surface area contributed by atoms with Crippen molar-refractivity contribution in [2.75, 3.05) is 20.2 Å². The van der Waals surface area contributed by atoms with Crippen molar-refractivity contribution < 1.29 is 4.74 Å². The molecule has 1 saturated heterocycles. The van der Waals surface area contributed by atoms with Gasteiger partial charge in [0.15, 0.2) is 0 Å². The molecule has 3 rings (SSSR count). The fourth-order valence-corrected chi connectivity index (χ4v) is 2.20. The molecule has 3 nitrogen and oxygen atoms in total. The minimum atomic E-state index is 0.532. The van der Waals surface area contributed by atoms with Gasteiger partial charge in [0.2, 0.25) is 0 Å². The zero-order chi connectivity index (χ0) is 14.5. The van der Waals surface area contributed by atoms with Crippen LogP contribution in [0.15, 0.2) is 48.8 Å². The Hall–Kier alpha value is -2.31. The highest BCUT2D eigenvalue weighted by atomic mass is 16.5. The van der Waals surface area contributed by atoms with Crippen LogP contribution in [0, 0.1) is 11.8 Å². The maximum Gasteiger partial charge on any atom is 0.138 e. The van der Waals surface area contributed by atoms with E-state index in [0.29, 0.717) is 12.6 Å². The van der Waals surface area contributed by atoms with Gasteiger partial charge < -0.3 is 4.74 Å². The number of aromatic nitrogens is 1. The number of nitrogens with zero attached hydrogens (tertiary/aromatic N) is 2. The van der Waals surface area contributed by atoms with Crippen molar-refractivity contribution in [1.82, 2.24) is 9.88 Å². The molecule has 0 N–H and O–H groups in total. The van der Waals surface area contributed by atoms with E-state index in [1.807, 2.05) is 36.4 Å². The van der Waals surface area contributed by atoms with Gasteiger partial charge in [-0.3, -0.25) is 9.88 Å². The molecule has 0 spiro atoms. The molecule has 3 heteroatoms. The number of hydrogen-bond acceptors (Lipinski definition) is 3. The number of pyridine rings is 1. The lowest BCUT2D eigenvalue weighted by molar-refractivity contribution is 0.0767.